The maximum absolute atomic E-state index is 11.7. The molecule has 0 aromatic carbocycles. The Labute approximate surface area is 137 Å². The van der Waals surface area contributed by atoms with E-state index in [1.165, 1.54) is 0 Å². The van der Waals surface area contributed by atoms with Gasteiger partial charge < -0.3 is 4.90 Å². The first-order chi connectivity index (χ1) is 11.1. The molecule has 0 bridgehead atoms. The number of rotatable bonds is 3. The van der Waals surface area contributed by atoms with Gasteiger partial charge in [-0.2, -0.15) is 5.26 Å². The average molecular weight is 334 g/mol. The fourth-order valence-electron chi connectivity index (χ4n) is 3.43. The Morgan fingerprint density at radius 2 is 2.04 bits per heavy atom. The standard InChI is InChI=1S/C16H22N4O2S/c17-10-14-3-4-16(18-11-14)20-7-5-19(6-8-20)12-15-2-1-9-23(21,22)13-15/h3-4,11,15H,1-2,5-9,12-13H2. The molecule has 7 heteroatoms. The molecular formula is C16H22N4O2S. The van der Waals surface area contributed by atoms with E-state index in [1.54, 1.807) is 12.3 Å². The second-order valence-corrected chi connectivity index (χ2v) is 8.66. The summed E-state index contributed by atoms with van der Waals surface area (Å²) in [5.74, 6) is 1.91. The second-order valence-electron chi connectivity index (χ2n) is 6.43. The van der Waals surface area contributed by atoms with Crippen LogP contribution in [0.3, 0.4) is 0 Å². The summed E-state index contributed by atoms with van der Waals surface area (Å²) in [7, 11) is -2.82. The van der Waals surface area contributed by atoms with Crippen LogP contribution in [0.25, 0.3) is 0 Å². The Bertz CT molecular complexity index is 673. The van der Waals surface area contributed by atoms with Gasteiger partial charge in [-0.1, -0.05) is 0 Å². The summed E-state index contributed by atoms with van der Waals surface area (Å²) in [6, 6.07) is 5.76. The van der Waals surface area contributed by atoms with E-state index in [0.717, 1.165) is 51.4 Å². The fourth-order valence-corrected chi connectivity index (χ4v) is 5.19. The summed E-state index contributed by atoms with van der Waals surface area (Å²) in [5.41, 5.74) is 0.575. The van der Waals surface area contributed by atoms with Crippen molar-refractivity contribution in [3.05, 3.63) is 23.9 Å². The van der Waals surface area contributed by atoms with Crippen LogP contribution in [-0.4, -0.2) is 62.5 Å². The van der Waals surface area contributed by atoms with Crippen LogP contribution in [0.2, 0.25) is 0 Å². The van der Waals surface area contributed by atoms with Gasteiger partial charge >= 0.3 is 0 Å². The number of sulfone groups is 1. The lowest BCUT2D eigenvalue weighted by atomic mass is 10.0. The fraction of sp³-hybridized carbons (Fsp3) is 0.625. The third kappa shape index (κ3) is 4.21. The predicted molar refractivity (Wildman–Crippen MR) is 89.0 cm³/mol. The number of nitrogens with zero attached hydrogens (tertiary/aromatic N) is 4. The molecule has 0 spiro atoms. The van der Waals surface area contributed by atoms with E-state index in [4.69, 9.17) is 5.26 Å². The van der Waals surface area contributed by atoms with Gasteiger partial charge in [0, 0.05) is 38.9 Å². The minimum absolute atomic E-state index is 0.285. The van der Waals surface area contributed by atoms with E-state index in [2.05, 4.69) is 20.9 Å². The Kier molecular flexibility index (Phi) is 4.83. The number of nitriles is 1. The first-order valence-corrected chi connectivity index (χ1v) is 9.92. The molecule has 2 saturated heterocycles. The van der Waals surface area contributed by atoms with Gasteiger partial charge in [0.05, 0.1) is 17.1 Å². The van der Waals surface area contributed by atoms with Crippen molar-refractivity contribution in [1.29, 1.82) is 5.26 Å². The Morgan fingerprint density at radius 1 is 1.26 bits per heavy atom. The molecule has 0 amide bonds. The molecule has 1 atom stereocenters. The lowest BCUT2D eigenvalue weighted by Gasteiger charge is -2.37. The third-order valence-corrected chi connectivity index (χ3v) is 6.54. The molecule has 1 aromatic heterocycles. The van der Waals surface area contributed by atoms with Crippen LogP contribution < -0.4 is 4.90 Å². The monoisotopic (exact) mass is 334 g/mol. The molecule has 1 aromatic rings. The first kappa shape index (κ1) is 16.2. The van der Waals surface area contributed by atoms with E-state index < -0.39 is 9.84 Å². The molecule has 2 aliphatic heterocycles. The molecule has 2 fully saturated rings. The predicted octanol–water partition coefficient (Wildman–Crippen LogP) is 0.900. The van der Waals surface area contributed by atoms with Gasteiger partial charge in [0.15, 0.2) is 9.84 Å². The molecule has 1 unspecified atom stereocenters. The van der Waals surface area contributed by atoms with Gasteiger partial charge in [-0.05, 0) is 30.9 Å². The average Bonchev–Trinajstić information content (AvgIpc) is 2.55. The normalized spacial score (nSPS) is 25.0. The van der Waals surface area contributed by atoms with Gasteiger partial charge in [0.1, 0.15) is 11.9 Å². The van der Waals surface area contributed by atoms with Crippen molar-refractivity contribution < 1.29 is 8.42 Å². The van der Waals surface area contributed by atoms with Crippen molar-refractivity contribution in [3.63, 3.8) is 0 Å². The van der Waals surface area contributed by atoms with E-state index in [9.17, 15) is 8.42 Å². The lowest BCUT2D eigenvalue weighted by Crippen LogP contribution is -2.49. The van der Waals surface area contributed by atoms with Crippen molar-refractivity contribution in [2.75, 3.05) is 49.1 Å². The quantitative estimate of drug-likeness (QED) is 0.817. The maximum atomic E-state index is 11.7. The highest BCUT2D eigenvalue weighted by molar-refractivity contribution is 7.91. The number of hydrogen-bond acceptors (Lipinski definition) is 6. The highest BCUT2D eigenvalue weighted by Gasteiger charge is 2.27. The van der Waals surface area contributed by atoms with Crippen molar-refractivity contribution in [1.82, 2.24) is 9.88 Å². The molecule has 3 rings (SSSR count). The summed E-state index contributed by atoms with van der Waals surface area (Å²) in [4.78, 5) is 8.92. The highest BCUT2D eigenvalue weighted by atomic mass is 32.2. The van der Waals surface area contributed by atoms with Gasteiger partial charge in [-0.25, -0.2) is 13.4 Å². The topological polar surface area (TPSA) is 77.3 Å². The molecule has 0 saturated carbocycles. The number of aromatic nitrogens is 1. The van der Waals surface area contributed by atoms with Gasteiger partial charge in [0.2, 0.25) is 0 Å². The van der Waals surface area contributed by atoms with Crippen LogP contribution >= 0.6 is 0 Å². The van der Waals surface area contributed by atoms with Crippen LogP contribution in [0.15, 0.2) is 18.3 Å². The highest BCUT2D eigenvalue weighted by Crippen LogP contribution is 2.21. The molecule has 3 heterocycles. The maximum Gasteiger partial charge on any atom is 0.150 e. The minimum Gasteiger partial charge on any atom is -0.354 e. The van der Waals surface area contributed by atoms with E-state index in [1.807, 2.05) is 6.07 Å². The number of anilines is 1. The number of pyridine rings is 1. The largest absolute Gasteiger partial charge is 0.354 e. The van der Waals surface area contributed by atoms with E-state index >= 15 is 0 Å². The van der Waals surface area contributed by atoms with Gasteiger partial charge in [-0.15, -0.1) is 0 Å². The summed E-state index contributed by atoms with van der Waals surface area (Å²) >= 11 is 0. The zero-order valence-corrected chi connectivity index (χ0v) is 14.0. The zero-order valence-electron chi connectivity index (χ0n) is 13.2. The van der Waals surface area contributed by atoms with Crippen LogP contribution in [0.5, 0.6) is 0 Å². The number of piperazine rings is 1. The Balaban J connectivity index is 1.51. The zero-order chi connectivity index (χ0) is 16.3. The Morgan fingerprint density at radius 3 is 2.65 bits per heavy atom. The van der Waals surface area contributed by atoms with Crippen LogP contribution in [0, 0.1) is 17.2 Å². The summed E-state index contributed by atoms with van der Waals surface area (Å²) in [6.07, 6.45) is 3.44. The minimum atomic E-state index is -2.82. The van der Waals surface area contributed by atoms with Crippen LogP contribution in [0.1, 0.15) is 18.4 Å². The molecule has 0 aliphatic carbocycles. The second kappa shape index (κ2) is 6.85. The third-order valence-electron chi connectivity index (χ3n) is 4.65. The SMILES string of the molecule is N#Cc1ccc(N2CCN(CC3CCCS(=O)(=O)C3)CC2)nc1. The van der Waals surface area contributed by atoms with Crippen molar-refractivity contribution >= 4 is 15.7 Å². The van der Waals surface area contributed by atoms with Crippen molar-refractivity contribution in [2.45, 2.75) is 12.8 Å². The summed E-state index contributed by atoms with van der Waals surface area (Å²) in [6.45, 7) is 4.51. The molecule has 0 radical (unpaired) electrons. The summed E-state index contributed by atoms with van der Waals surface area (Å²) < 4.78 is 23.5. The smallest absolute Gasteiger partial charge is 0.150 e. The number of hydrogen-bond donors (Lipinski definition) is 0. The molecular weight excluding hydrogens is 312 g/mol. The molecule has 124 valence electrons. The van der Waals surface area contributed by atoms with Crippen LogP contribution in [0.4, 0.5) is 5.82 Å². The van der Waals surface area contributed by atoms with Crippen molar-refractivity contribution in [2.24, 2.45) is 5.92 Å². The first-order valence-electron chi connectivity index (χ1n) is 8.09. The van der Waals surface area contributed by atoms with Gasteiger partial charge in [0.25, 0.3) is 0 Å². The molecule has 2 aliphatic rings. The van der Waals surface area contributed by atoms with E-state index in [0.29, 0.717) is 17.1 Å². The lowest BCUT2D eigenvalue weighted by molar-refractivity contribution is 0.218. The Hall–Kier alpha value is -1.65. The molecule has 6 nitrogen and oxygen atoms in total. The van der Waals surface area contributed by atoms with Crippen LogP contribution in [-0.2, 0) is 9.84 Å². The van der Waals surface area contributed by atoms with Crippen molar-refractivity contribution in [3.8, 4) is 6.07 Å². The molecule has 23 heavy (non-hydrogen) atoms. The molecule has 0 N–H and O–H groups in total. The summed E-state index contributed by atoms with van der Waals surface area (Å²) in [5, 5.41) is 8.81. The van der Waals surface area contributed by atoms with Gasteiger partial charge in [-0.3, -0.25) is 4.90 Å². The van der Waals surface area contributed by atoms with E-state index in [-0.39, 0.29) is 5.92 Å².